The Morgan fingerprint density at radius 1 is 1.19 bits per heavy atom. The first-order valence-electron chi connectivity index (χ1n) is 9.30. The summed E-state index contributed by atoms with van der Waals surface area (Å²) < 4.78 is 57.6. The van der Waals surface area contributed by atoms with Gasteiger partial charge in [0, 0.05) is 5.69 Å². The van der Waals surface area contributed by atoms with Gasteiger partial charge in [-0.15, -0.1) is 0 Å². The van der Waals surface area contributed by atoms with Crippen molar-refractivity contribution in [2.24, 2.45) is 0 Å². The van der Waals surface area contributed by atoms with Crippen molar-refractivity contribution in [2.75, 3.05) is 17.3 Å². The number of alkyl halides is 3. The number of nitrogens with zero attached hydrogens (tertiary/aromatic N) is 2. The fourth-order valence-electron chi connectivity index (χ4n) is 3.24. The fourth-order valence-corrected chi connectivity index (χ4v) is 3.42. The van der Waals surface area contributed by atoms with Crippen LogP contribution in [0.3, 0.4) is 0 Å². The minimum Gasteiger partial charge on any atom is -0.497 e. The highest BCUT2D eigenvalue weighted by Gasteiger charge is 2.34. The lowest BCUT2D eigenvalue weighted by Gasteiger charge is -2.26. The molecule has 0 aliphatic rings. The van der Waals surface area contributed by atoms with Crippen LogP contribution in [0.25, 0.3) is 0 Å². The van der Waals surface area contributed by atoms with Gasteiger partial charge in [-0.3, -0.25) is 10.00 Å². The van der Waals surface area contributed by atoms with Gasteiger partial charge < -0.3 is 10.1 Å². The number of ether oxygens (including phenoxy) is 1. The minimum atomic E-state index is -4.63. The summed E-state index contributed by atoms with van der Waals surface area (Å²) in [5.41, 5.74) is 0.977. The van der Waals surface area contributed by atoms with E-state index in [0.717, 1.165) is 12.1 Å². The van der Waals surface area contributed by atoms with E-state index in [9.17, 15) is 22.4 Å². The summed E-state index contributed by atoms with van der Waals surface area (Å²) in [6.07, 6.45) is -4.63. The summed E-state index contributed by atoms with van der Waals surface area (Å²) >= 11 is 5.78. The predicted molar refractivity (Wildman–Crippen MR) is 113 cm³/mol. The number of methoxy groups -OCH3 is 1. The van der Waals surface area contributed by atoms with E-state index in [1.54, 1.807) is 26.0 Å². The highest BCUT2D eigenvalue weighted by atomic mass is 35.5. The number of carbonyl (C=O) groups is 1. The van der Waals surface area contributed by atoms with E-state index in [0.29, 0.717) is 22.6 Å². The number of rotatable bonds is 5. The molecular formula is C21H19ClF4N4O2. The highest BCUT2D eigenvalue weighted by molar-refractivity contribution is 6.31. The Balaban J connectivity index is 2.00. The second kappa shape index (κ2) is 9.07. The lowest BCUT2D eigenvalue weighted by atomic mass is 10.1. The van der Waals surface area contributed by atoms with Crippen LogP contribution < -0.4 is 15.0 Å². The van der Waals surface area contributed by atoms with Crippen LogP contribution in [0.4, 0.5) is 33.7 Å². The zero-order valence-corrected chi connectivity index (χ0v) is 18.0. The third kappa shape index (κ3) is 5.13. The highest BCUT2D eigenvalue weighted by Crippen LogP contribution is 2.33. The number of benzene rings is 2. The van der Waals surface area contributed by atoms with Crippen LogP contribution in [-0.2, 0) is 12.7 Å². The van der Waals surface area contributed by atoms with E-state index in [2.05, 4.69) is 15.5 Å². The normalized spacial score (nSPS) is 11.4. The third-order valence-corrected chi connectivity index (χ3v) is 4.93. The number of halogens is 5. The van der Waals surface area contributed by atoms with Crippen molar-refractivity contribution in [1.82, 2.24) is 10.2 Å². The lowest BCUT2D eigenvalue weighted by Crippen LogP contribution is -2.35. The van der Waals surface area contributed by atoms with Gasteiger partial charge in [-0.25, -0.2) is 9.18 Å². The Labute approximate surface area is 186 Å². The van der Waals surface area contributed by atoms with Gasteiger partial charge in [-0.05, 0) is 61.4 Å². The molecule has 0 unspecified atom stereocenters. The molecule has 0 aliphatic heterocycles. The maximum Gasteiger partial charge on any atom is 0.435 e. The van der Waals surface area contributed by atoms with Gasteiger partial charge in [-0.2, -0.15) is 18.3 Å². The Hall–Kier alpha value is -3.27. The van der Waals surface area contributed by atoms with Crippen LogP contribution in [0.15, 0.2) is 36.4 Å². The molecule has 11 heteroatoms. The summed E-state index contributed by atoms with van der Waals surface area (Å²) in [4.78, 5) is 14.4. The van der Waals surface area contributed by atoms with E-state index in [1.807, 2.05) is 0 Å². The number of aromatic nitrogens is 2. The van der Waals surface area contributed by atoms with Gasteiger partial charge >= 0.3 is 12.2 Å². The molecule has 32 heavy (non-hydrogen) atoms. The van der Waals surface area contributed by atoms with Crippen molar-refractivity contribution in [3.05, 3.63) is 69.8 Å². The number of carbonyl (C=O) groups excluding carboxylic acids is 1. The first-order valence-corrected chi connectivity index (χ1v) is 9.67. The number of hydrogen-bond acceptors (Lipinski definition) is 3. The molecule has 0 bridgehead atoms. The Morgan fingerprint density at radius 3 is 2.38 bits per heavy atom. The van der Waals surface area contributed by atoms with Crippen LogP contribution in [-0.4, -0.2) is 23.3 Å². The monoisotopic (exact) mass is 470 g/mol. The third-order valence-electron chi connectivity index (χ3n) is 4.64. The minimum absolute atomic E-state index is 0.0687. The Kier molecular flexibility index (Phi) is 6.63. The molecule has 0 spiro atoms. The van der Waals surface area contributed by atoms with E-state index in [-0.39, 0.29) is 22.9 Å². The number of anilines is 2. The molecule has 1 aromatic heterocycles. The number of hydrogen-bond donors (Lipinski definition) is 2. The molecule has 1 heterocycles. The van der Waals surface area contributed by atoms with Crippen molar-refractivity contribution < 1.29 is 27.1 Å². The van der Waals surface area contributed by atoms with E-state index >= 15 is 0 Å². The molecule has 170 valence electrons. The van der Waals surface area contributed by atoms with Crippen molar-refractivity contribution in [3.8, 4) is 5.75 Å². The van der Waals surface area contributed by atoms with Crippen LogP contribution in [0, 0.1) is 19.7 Å². The van der Waals surface area contributed by atoms with Gasteiger partial charge in [0.2, 0.25) is 0 Å². The standard InChI is InChI=1S/C21H19ClF4N4O2/c1-11-6-15(32-3)7-12(2)19(11)30(10-14-9-18(29-28-14)21(24,25)26)20(31)27-13-4-5-17(23)16(22)8-13/h4-9H,10H2,1-3H3,(H,27,31)(H,28,29). The molecule has 2 amide bonds. The lowest BCUT2D eigenvalue weighted by molar-refractivity contribution is -0.141. The van der Waals surface area contributed by atoms with E-state index in [1.165, 1.54) is 24.1 Å². The molecule has 3 rings (SSSR count). The van der Waals surface area contributed by atoms with Gasteiger partial charge in [0.15, 0.2) is 5.69 Å². The van der Waals surface area contributed by atoms with Crippen LogP contribution in [0.5, 0.6) is 5.75 Å². The van der Waals surface area contributed by atoms with E-state index < -0.39 is 23.7 Å². The average Bonchev–Trinajstić information content (AvgIpc) is 3.18. The molecule has 3 aromatic rings. The second-order valence-electron chi connectivity index (χ2n) is 7.03. The second-order valence-corrected chi connectivity index (χ2v) is 7.44. The van der Waals surface area contributed by atoms with Gasteiger partial charge in [-0.1, -0.05) is 11.6 Å². The fraction of sp³-hybridized carbons (Fsp3) is 0.238. The molecule has 0 atom stereocenters. The molecule has 0 saturated carbocycles. The molecule has 0 radical (unpaired) electrons. The molecule has 2 N–H and O–H groups in total. The van der Waals surface area contributed by atoms with Gasteiger partial charge in [0.25, 0.3) is 0 Å². The summed E-state index contributed by atoms with van der Waals surface area (Å²) in [5, 5.41) is 8.02. The van der Waals surface area contributed by atoms with Crippen LogP contribution in [0.1, 0.15) is 22.5 Å². The van der Waals surface area contributed by atoms with Crippen LogP contribution >= 0.6 is 11.6 Å². The van der Waals surface area contributed by atoms with Gasteiger partial charge in [0.05, 0.1) is 30.1 Å². The molecule has 0 fully saturated rings. The molecule has 0 saturated heterocycles. The van der Waals surface area contributed by atoms with E-state index in [4.69, 9.17) is 16.3 Å². The Bertz CT molecular complexity index is 1120. The zero-order chi connectivity index (χ0) is 23.6. The number of nitrogens with one attached hydrogen (secondary N) is 2. The van der Waals surface area contributed by atoms with Crippen molar-refractivity contribution >= 4 is 29.0 Å². The molecule has 6 nitrogen and oxygen atoms in total. The number of aromatic amines is 1. The van der Waals surface area contributed by atoms with Crippen molar-refractivity contribution in [3.63, 3.8) is 0 Å². The summed E-state index contributed by atoms with van der Waals surface area (Å²) in [6, 6.07) is 7.23. The molecule has 0 aliphatic carbocycles. The predicted octanol–water partition coefficient (Wildman–Crippen LogP) is 6.09. The first-order chi connectivity index (χ1) is 15.0. The quantitative estimate of drug-likeness (QED) is 0.444. The molecule has 2 aromatic carbocycles. The summed E-state index contributed by atoms with van der Waals surface area (Å²) in [5.74, 6) is -0.0872. The van der Waals surface area contributed by atoms with Crippen molar-refractivity contribution in [1.29, 1.82) is 0 Å². The summed E-state index contributed by atoms with van der Waals surface area (Å²) in [7, 11) is 1.50. The number of amides is 2. The van der Waals surface area contributed by atoms with Crippen LogP contribution in [0.2, 0.25) is 5.02 Å². The van der Waals surface area contributed by atoms with Gasteiger partial charge in [0.1, 0.15) is 11.6 Å². The smallest absolute Gasteiger partial charge is 0.435 e. The maximum atomic E-state index is 13.5. The SMILES string of the molecule is COc1cc(C)c(N(Cc2cc(C(F)(F)F)n[nH]2)C(=O)Nc2ccc(F)c(Cl)c2)c(C)c1. The van der Waals surface area contributed by atoms with Crippen molar-refractivity contribution in [2.45, 2.75) is 26.6 Å². The largest absolute Gasteiger partial charge is 0.497 e. The number of H-pyrrole nitrogens is 1. The maximum absolute atomic E-state index is 13.5. The topological polar surface area (TPSA) is 70.2 Å². The Morgan fingerprint density at radius 2 is 1.84 bits per heavy atom. The summed E-state index contributed by atoms with van der Waals surface area (Å²) in [6.45, 7) is 3.25. The zero-order valence-electron chi connectivity index (χ0n) is 17.3. The average molecular weight is 471 g/mol. The molecular weight excluding hydrogens is 452 g/mol. The number of aryl methyl sites for hydroxylation is 2. The first kappa shape index (κ1) is 23.4. The number of urea groups is 1.